The highest BCUT2D eigenvalue weighted by molar-refractivity contribution is 6.60. The first kappa shape index (κ1) is 42.0. The molecular weight excluding hydrogens is 732 g/mol. The third-order valence-corrected chi connectivity index (χ3v) is 11.8. The van der Waals surface area contributed by atoms with E-state index in [9.17, 15) is 19.2 Å². The van der Waals surface area contributed by atoms with Gasteiger partial charge in [-0.05, 0) is 61.3 Å². The van der Waals surface area contributed by atoms with Crippen LogP contribution in [0.3, 0.4) is 0 Å². The lowest BCUT2D eigenvalue weighted by Crippen LogP contribution is -2.51. The van der Waals surface area contributed by atoms with Crippen molar-refractivity contribution in [1.82, 2.24) is 40.4 Å². The Morgan fingerprint density at radius 2 is 1.31 bits per heavy atom. The first-order valence-electron chi connectivity index (χ1n) is 20.1. The zero-order valence-electron chi connectivity index (χ0n) is 35.3. The van der Waals surface area contributed by atoms with Crippen LogP contribution in [0.1, 0.15) is 88.2 Å². The zero-order valence-corrected chi connectivity index (χ0v) is 35.3. The van der Waals surface area contributed by atoms with Crippen molar-refractivity contribution in [3.05, 3.63) is 47.2 Å². The smallest absolute Gasteiger partial charge is 0.407 e. The fraction of sp³-hybridized carbons (Fsp3) is 0.450. The lowest BCUT2D eigenvalue weighted by Gasteiger charge is -2.30. The van der Waals surface area contributed by atoms with E-state index in [-0.39, 0.29) is 35.7 Å². The summed E-state index contributed by atoms with van der Waals surface area (Å²) in [5.41, 5.74) is 9.55. The predicted molar refractivity (Wildman–Crippen MR) is 235 cm³/mol. The maximum atomic E-state index is 13.7. The molecule has 4 aromatic rings. The molecule has 0 saturated carbocycles. The van der Waals surface area contributed by atoms with Crippen LogP contribution in [0.15, 0.2) is 24.4 Å². The van der Waals surface area contributed by atoms with Crippen molar-refractivity contribution < 1.29 is 28.7 Å². The van der Waals surface area contributed by atoms with Crippen LogP contribution >= 0.6 is 0 Å². The molecule has 2 aliphatic rings. The van der Waals surface area contributed by atoms with Crippen LogP contribution in [0.5, 0.6) is 0 Å². The summed E-state index contributed by atoms with van der Waals surface area (Å²) in [6.45, 7) is 8.77. The van der Waals surface area contributed by atoms with Crippen molar-refractivity contribution in [3.8, 4) is 23.1 Å². The molecule has 2 fully saturated rings. The summed E-state index contributed by atoms with van der Waals surface area (Å²) in [5, 5.41) is 5.41. The summed E-state index contributed by atoms with van der Waals surface area (Å²) >= 11 is 0. The van der Waals surface area contributed by atoms with Crippen molar-refractivity contribution in [2.75, 3.05) is 27.3 Å². The lowest BCUT2D eigenvalue weighted by atomic mass is 9.64. The van der Waals surface area contributed by atoms with Gasteiger partial charge >= 0.3 is 12.2 Å². The number of rotatable bonds is 9. The number of aromatic nitrogens is 4. The number of aromatic amines is 2. The second kappa shape index (κ2) is 17.5. The quantitative estimate of drug-likeness (QED) is 0.117. The first-order valence-corrected chi connectivity index (χ1v) is 20.1. The number of ether oxygens (including phenoxy) is 2. The monoisotopic (exact) mass is 784 g/mol. The average molecular weight is 784 g/mol. The predicted octanol–water partition coefficient (Wildman–Crippen LogP) is -1.53. The Balaban J connectivity index is 1.22. The molecule has 6 rings (SSSR count). The van der Waals surface area contributed by atoms with Crippen LogP contribution in [0.2, 0.25) is 0 Å². The number of likely N-dealkylation sites (tertiary alicyclic amines) is 2. The molecule has 0 radical (unpaired) electrons. The van der Waals surface area contributed by atoms with Gasteiger partial charge in [0.1, 0.15) is 55.1 Å². The van der Waals surface area contributed by atoms with Gasteiger partial charge in [0.2, 0.25) is 11.8 Å². The van der Waals surface area contributed by atoms with E-state index in [1.165, 1.54) is 14.2 Å². The molecule has 58 heavy (non-hydrogen) atoms. The number of methoxy groups -OCH3 is 2. The molecule has 0 bridgehead atoms. The van der Waals surface area contributed by atoms with Gasteiger partial charge in [-0.25, -0.2) is 19.6 Å². The number of carbonyl (C=O) groups is 4. The van der Waals surface area contributed by atoms with Gasteiger partial charge in [-0.15, -0.1) is 0 Å². The normalized spacial score (nSPS) is 17.6. The van der Waals surface area contributed by atoms with E-state index in [1.807, 2.05) is 61.9 Å². The molecule has 2 aliphatic heterocycles. The molecule has 0 unspecified atom stereocenters. The number of nitrogens with one attached hydrogen (secondary N) is 4. The largest absolute Gasteiger partial charge is 0.453 e. The lowest BCUT2D eigenvalue weighted by molar-refractivity contribution is -0.136. The second-order valence-electron chi connectivity index (χ2n) is 16.1. The minimum absolute atomic E-state index is 0.117. The highest BCUT2D eigenvalue weighted by Crippen LogP contribution is 2.34. The Bertz CT molecular complexity index is 2270. The summed E-state index contributed by atoms with van der Waals surface area (Å²) in [4.78, 5) is 71.8. The molecule has 4 amide bonds. The minimum Gasteiger partial charge on any atom is -0.453 e. The van der Waals surface area contributed by atoms with Crippen LogP contribution in [0.25, 0.3) is 22.3 Å². The van der Waals surface area contributed by atoms with Crippen LogP contribution in [-0.4, -0.2) is 125 Å². The number of carbonyl (C=O) groups excluding carboxylic acids is 4. The van der Waals surface area contributed by atoms with E-state index in [0.717, 1.165) is 86.8 Å². The van der Waals surface area contributed by atoms with Crippen molar-refractivity contribution in [2.45, 2.75) is 77.5 Å². The number of imidazole rings is 2. The van der Waals surface area contributed by atoms with Crippen LogP contribution in [0.4, 0.5) is 9.59 Å². The zero-order chi connectivity index (χ0) is 42.0. The Labute approximate surface area is 343 Å². The van der Waals surface area contributed by atoms with Crippen molar-refractivity contribution in [3.63, 3.8) is 0 Å². The van der Waals surface area contributed by atoms with Crippen molar-refractivity contribution >= 4 is 88.3 Å². The summed E-state index contributed by atoms with van der Waals surface area (Å²) in [6.07, 6.45) is 3.86. The minimum atomic E-state index is -0.702. The summed E-state index contributed by atoms with van der Waals surface area (Å²) < 4.78 is 9.56. The van der Waals surface area contributed by atoms with Gasteiger partial charge < -0.3 is 39.9 Å². The van der Waals surface area contributed by atoms with Crippen molar-refractivity contribution in [2.24, 2.45) is 11.8 Å². The topological polar surface area (TPSA) is 175 Å². The number of benzene rings is 2. The van der Waals surface area contributed by atoms with Gasteiger partial charge in [0.15, 0.2) is 0 Å². The fourth-order valence-electron chi connectivity index (χ4n) is 8.30. The Morgan fingerprint density at radius 3 is 1.83 bits per heavy atom. The highest BCUT2D eigenvalue weighted by Gasteiger charge is 2.39. The molecule has 4 heterocycles. The first-order chi connectivity index (χ1) is 27.6. The molecule has 2 aromatic heterocycles. The third kappa shape index (κ3) is 8.35. The fourth-order valence-corrected chi connectivity index (χ4v) is 8.30. The van der Waals surface area contributed by atoms with Gasteiger partial charge in [-0.3, -0.25) is 9.59 Å². The van der Waals surface area contributed by atoms with Crippen LogP contribution in [0, 0.1) is 23.7 Å². The maximum Gasteiger partial charge on any atom is 0.407 e. The van der Waals surface area contributed by atoms with Gasteiger partial charge in [0, 0.05) is 30.4 Å². The molecule has 0 spiro atoms. The van der Waals surface area contributed by atoms with Crippen LogP contribution < -0.4 is 32.5 Å². The number of alkyl carbamates (subject to hydrolysis) is 2. The van der Waals surface area contributed by atoms with Gasteiger partial charge in [0.05, 0.1) is 43.0 Å². The SMILES string of the molecule is Bc1c(B)c(-c2c[nH]c([C@@H]3CCCN3C(=O)[C@@H](NC(=O)OC)C(C)C)n2)c(B)c(B)c1C#Cc1ccc2[nH]c([C@@H]3CCCN3C(=O)[C@@H](NC(=O)OC)C(C)C)nc2c1. The second-order valence-corrected chi connectivity index (χ2v) is 16.1. The Hall–Kier alpha value is -5.58. The number of amides is 4. The molecular formula is C40H52B4N8O6. The van der Waals surface area contributed by atoms with Crippen LogP contribution in [-0.2, 0) is 19.1 Å². The summed E-state index contributed by atoms with van der Waals surface area (Å²) in [5.74, 6) is 7.74. The number of hydrogen-bond acceptors (Lipinski definition) is 8. The van der Waals surface area contributed by atoms with E-state index < -0.39 is 24.3 Å². The molecule has 2 saturated heterocycles. The highest BCUT2D eigenvalue weighted by atomic mass is 16.5. The average Bonchev–Trinajstić information content (AvgIpc) is 4.03. The number of hydrogen-bond donors (Lipinski definition) is 4. The number of fused-ring (bicyclic) bond motifs is 1. The van der Waals surface area contributed by atoms with E-state index in [1.54, 1.807) is 0 Å². The Kier molecular flexibility index (Phi) is 12.7. The number of nitrogens with zero attached hydrogens (tertiary/aromatic N) is 4. The molecule has 0 aliphatic carbocycles. The standard InChI is InChI=1S/C40H52B4N8O6/c1-19(2)33(49-39(55)57-5)37(53)51-15-7-9-26(51)35-45-18-25(48-35)28-31(43)29(41)22(30(42)32(28)44)13-11-21-12-14-23-24(17-21)47-36(46-23)27-10-8-16-52(27)38(54)34(20(3)4)50-40(56)58-6/h12,14,17-20,26-27,33-34H,7-10,15-16,41-44H2,1-6H3,(H,45,48)(H,46,47)(H,49,55)(H,50,56)/t26-,27-,33-,34-/m0/s1. The molecule has 18 heteroatoms. The molecule has 4 N–H and O–H groups in total. The molecule has 14 nitrogen and oxygen atoms in total. The summed E-state index contributed by atoms with van der Waals surface area (Å²) in [7, 11) is 10.9. The van der Waals surface area contributed by atoms with Gasteiger partial charge in [-0.1, -0.05) is 61.4 Å². The Morgan fingerprint density at radius 1 is 0.776 bits per heavy atom. The van der Waals surface area contributed by atoms with E-state index in [2.05, 4.69) is 63.8 Å². The van der Waals surface area contributed by atoms with E-state index in [0.29, 0.717) is 18.9 Å². The number of H-pyrrole nitrogens is 2. The van der Waals surface area contributed by atoms with Gasteiger partial charge in [0.25, 0.3) is 0 Å². The maximum absolute atomic E-state index is 13.7. The molecule has 4 atom stereocenters. The molecule has 2 aromatic carbocycles. The van der Waals surface area contributed by atoms with Gasteiger partial charge in [-0.2, -0.15) is 0 Å². The third-order valence-electron chi connectivity index (χ3n) is 11.8. The van der Waals surface area contributed by atoms with E-state index >= 15 is 0 Å². The van der Waals surface area contributed by atoms with E-state index in [4.69, 9.17) is 19.4 Å². The molecule has 300 valence electrons. The summed E-state index contributed by atoms with van der Waals surface area (Å²) in [6, 6.07) is 4.04. The van der Waals surface area contributed by atoms with Crippen molar-refractivity contribution in [1.29, 1.82) is 0 Å².